The molecule has 0 aromatic carbocycles. The van der Waals surface area contributed by atoms with Gasteiger partial charge in [0.25, 0.3) is 0 Å². The number of sulfonamides is 1. The second kappa shape index (κ2) is 4.73. The first-order valence-corrected chi connectivity index (χ1v) is 7.44. The molecule has 1 fully saturated rings. The lowest BCUT2D eigenvalue weighted by Gasteiger charge is -2.14. The number of hydrogen-bond donors (Lipinski definition) is 0. The molecule has 0 spiro atoms. The predicted octanol–water partition coefficient (Wildman–Crippen LogP) is 0.0292. The molecule has 0 bridgehead atoms. The molecule has 17 heavy (non-hydrogen) atoms. The Morgan fingerprint density at radius 1 is 1.53 bits per heavy atom. The second-order valence-corrected chi connectivity index (χ2v) is 6.73. The molecular weight excluding hydrogens is 240 g/mol. The Labute approximate surface area is 102 Å². The molecule has 1 unspecified atom stereocenters. The largest absolute Gasteiger partial charge is 0.321 e. The highest BCUT2D eigenvalue weighted by Gasteiger charge is 2.30. The first-order chi connectivity index (χ1) is 8.03. The van der Waals surface area contributed by atoms with Crippen LogP contribution >= 0.6 is 0 Å². The van der Waals surface area contributed by atoms with Gasteiger partial charge in [0.2, 0.25) is 10.0 Å². The van der Waals surface area contributed by atoms with Crippen LogP contribution in [0.1, 0.15) is 19.2 Å². The van der Waals surface area contributed by atoms with Crippen LogP contribution < -0.4 is 0 Å². The van der Waals surface area contributed by atoms with Crippen LogP contribution in [-0.2, 0) is 23.5 Å². The Morgan fingerprint density at radius 3 is 2.88 bits per heavy atom. The number of hydrogen-bond acceptors (Lipinski definition) is 4. The Kier molecular flexibility index (Phi) is 3.48. The summed E-state index contributed by atoms with van der Waals surface area (Å²) in [6.45, 7) is 2.94. The second-order valence-electron chi connectivity index (χ2n) is 4.48. The van der Waals surface area contributed by atoms with E-state index in [-0.39, 0.29) is 5.75 Å². The molecule has 1 atom stereocenters. The molecule has 0 N–H and O–H groups in total. The summed E-state index contributed by atoms with van der Waals surface area (Å²) in [6.07, 6.45) is 3.38. The van der Waals surface area contributed by atoms with Gasteiger partial charge in [-0.3, -0.25) is 0 Å². The SMILES string of the molecule is CCS(=O)(=O)N1CCC(Cc2nncn2C)C1. The molecule has 1 aromatic heterocycles. The van der Waals surface area contributed by atoms with Crippen LogP contribution in [0, 0.1) is 5.92 Å². The third-order valence-electron chi connectivity index (χ3n) is 3.28. The van der Waals surface area contributed by atoms with Gasteiger partial charge in [-0.25, -0.2) is 12.7 Å². The van der Waals surface area contributed by atoms with Gasteiger partial charge in [-0.05, 0) is 19.3 Å². The number of aryl methyl sites for hydroxylation is 1. The summed E-state index contributed by atoms with van der Waals surface area (Å²) in [6, 6.07) is 0. The van der Waals surface area contributed by atoms with E-state index in [0.717, 1.165) is 18.7 Å². The fourth-order valence-electron chi connectivity index (χ4n) is 2.15. The van der Waals surface area contributed by atoms with E-state index in [9.17, 15) is 8.42 Å². The van der Waals surface area contributed by atoms with Crippen molar-refractivity contribution in [3.05, 3.63) is 12.2 Å². The lowest BCUT2D eigenvalue weighted by atomic mass is 10.1. The van der Waals surface area contributed by atoms with Gasteiger partial charge in [0, 0.05) is 26.6 Å². The molecule has 96 valence electrons. The Hall–Kier alpha value is -0.950. The molecule has 1 aromatic rings. The lowest BCUT2D eigenvalue weighted by Crippen LogP contribution is -2.30. The predicted molar refractivity (Wildman–Crippen MR) is 63.8 cm³/mol. The maximum absolute atomic E-state index is 11.7. The fourth-order valence-corrected chi connectivity index (χ4v) is 3.34. The molecule has 1 aliphatic heterocycles. The zero-order chi connectivity index (χ0) is 12.5. The Balaban J connectivity index is 1.97. The Morgan fingerprint density at radius 2 is 2.29 bits per heavy atom. The van der Waals surface area contributed by atoms with Crippen LogP contribution in [0.15, 0.2) is 6.33 Å². The van der Waals surface area contributed by atoms with E-state index in [2.05, 4.69) is 10.2 Å². The maximum atomic E-state index is 11.7. The maximum Gasteiger partial charge on any atom is 0.213 e. The summed E-state index contributed by atoms with van der Waals surface area (Å²) >= 11 is 0. The third kappa shape index (κ3) is 2.66. The molecule has 1 saturated heterocycles. The van der Waals surface area contributed by atoms with E-state index in [1.54, 1.807) is 17.6 Å². The zero-order valence-electron chi connectivity index (χ0n) is 10.2. The van der Waals surface area contributed by atoms with Gasteiger partial charge in [-0.1, -0.05) is 0 Å². The average molecular weight is 258 g/mol. The van der Waals surface area contributed by atoms with Crippen LogP contribution in [0.2, 0.25) is 0 Å². The highest BCUT2D eigenvalue weighted by molar-refractivity contribution is 7.89. The summed E-state index contributed by atoms with van der Waals surface area (Å²) in [4.78, 5) is 0. The van der Waals surface area contributed by atoms with Gasteiger partial charge >= 0.3 is 0 Å². The van der Waals surface area contributed by atoms with Crippen LogP contribution in [0.5, 0.6) is 0 Å². The first kappa shape index (κ1) is 12.5. The van der Waals surface area contributed by atoms with Crippen LogP contribution in [-0.4, -0.2) is 46.3 Å². The van der Waals surface area contributed by atoms with Gasteiger partial charge in [-0.2, -0.15) is 0 Å². The average Bonchev–Trinajstić information content (AvgIpc) is 2.90. The molecule has 2 heterocycles. The van der Waals surface area contributed by atoms with Crippen molar-refractivity contribution < 1.29 is 8.42 Å². The monoisotopic (exact) mass is 258 g/mol. The van der Waals surface area contributed by atoms with E-state index in [0.29, 0.717) is 19.0 Å². The molecule has 0 radical (unpaired) electrons. The highest BCUT2D eigenvalue weighted by atomic mass is 32.2. The summed E-state index contributed by atoms with van der Waals surface area (Å²) in [5.74, 6) is 1.47. The number of aromatic nitrogens is 3. The third-order valence-corrected chi connectivity index (χ3v) is 5.13. The van der Waals surface area contributed by atoms with Crippen molar-refractivity contribution in [1.29, 1.82) is 0 Å². The van der Waals surface area contributed by atoms with Gasteiger partial charge in [0.05, 0.1) is 5.75 Å². The summed E-state index contributed by atoms with van der Waals surface area (Å²) in [7, 11) is -1.12. The summed E-state index contributed by atoms with van der Waals surface area (Å²) in [5.41, 5.74) is 0. The summed E-state index contributed by atoms with van der Waals surface area (Å²) in [5, 5.41) is 7.86. The van der Waals surface area contributed by atoms with Crippen molar-refractivity contribution in [2.24, 2.45) is 13.0 Å². The van der Waals surface area contributed by atoms with E-state index < -0.39 is 10.0 Å². The minimum atomic E-state index is -3.03. The lowest BCUT2D eigenvalue weighted by molar-refractivity contribution is 0.452. The molecule has 0 amide bonds. The highest BCUT2D eigenvalue weighted by Crippen LogP contribution is 2.22. The minimum absolute atomic E-state index is 0.184. The van der Waals surface area contributed by atoms with Crippen molar-refractivity contribution >= 4 is 10.0 Å². The van der Waals surface area contributed by atoms with Crippen LogP contribution in [0.3, 0.4) is 0 Å². The molecule has 6 nitrogen and oxygen atoms in total. The molecule has 1 aliphatic rings. The zero-order valence-corrected chi connectivity index (χ0v) is 11.0. The molecule has 0 aliphatic carbocycles. The molecule has 2 rings (SSSR count). The molecular formula is C10H18N4O2S. The van der Waals surface area contributed by atoms with Gasteiger partial charge in [0.1, 0.15) is 12.2 Å². The van der Waals surface area contributed by atoms with E-state index in [1.807, 2.05) is 11.6 Å². The van der Waals surface area contributed by atoms with Crippen LogP contribution in [0.25, 0.3) is 0 Å². The van der Waals surface area contributed by atoms with E-state index in [1.165, 1.54) is 0 Å². The van der Waals surface area contributed by atoms with Crippen molar-refractivity contribution in [2.75, 3.05) is 18.8 Å². The van der Waals surface area contributed by atoms with E-state index in [4.69, 9.17) is 0 Å². The first-order valence-electron chi connectivity index (χ1n) is 5.83. The number of rotatable bonds is 4. The van der Waals surface area contributed by atoms with Crippen molar-refractivity contribution in [3.8, 4) is 0 Å². The van der Waals surface area contributed by atoms with Crippen molar-refractivity contribution in [3.63, 3.8) is 0 Å². The van der Waals surface area contributed by atoms with Gasteiger partial charge < -0.3 is 4.57 Å². The normalized spacial score (nSPS) is 22.1. The van der Waals surface area contributed by atoms with Gasteiger partial charge in [-0.15, -0.1) is 10.2 Å². The Bertz CT molecular complexity index is 482. The van der Waals surface area contributed by atoms with Crippen molar-refractivity contribution in [2.45, 2.75) is 19.8 Å². The van der Waals surface area contributed by atoms with E-state index >= 15 is 0 Å². The fraction of sp³-hybridized carbons (Fsp3) is 0.800. The quantitative estimate of drug-likeness (QED) is 0.764. The molecule has 7 heteroatoms. The van der Waals surface area contributed by atoms with Gasteiger partial charge in [0.15, 0.2) is 0 Å². The summed E-state index contributed by atoms with van der Waals surface area (Å²) < 4.78 is 26.9. The standard InChI is InChI=1S/C10H18N4O2S/c1-3-17(15,16)14-5-4-9(7-14)6-10-12-11-8-13(10)2/h8-9H,3-7H2,1-2H3. The van der Waals surface area contributed by atoms with Crippen molar-refractivity contribution in [1.82, 2.24) is 19.1 Å². The smallest absolute Gasteiger partial charge is 0.213 e. The topological polar surface area (TPSA) is 68.1 Å². The minimum Gasteiger partial charge on any atom is -0.321 e. The molecule has 0 saturated carbocycles. The number of nitrogens with zero attached hydrogens (tertiary/aromatic N) is 4. The van der Waals surface area contributed by atoms with Crippen LogP contribution in [0.4, 0.5) is 0 Å².